The van der Waals surface area contributed by atoms with Crippen LogP contribution in [0.3, 0.4) is 0 Å². The maximum Gasteiger partial charge on any atom is 0.319 e. The molecule has 30 heavy (non-hydrogen) atoms. The normalized spacial score (nSPS) is 21.8. The Balaban J connectivity index is 1.53. The summed E-state index contributed by atoms with van der Waals surface area (Å²) < 4.78 is 20.8. The standard InChI is InChI=1S/C21H25ClFN5O2/c22-14-10-15-18(16(23)11-14)25-20(26-19(15)28-9-3-6-24-12-17(28)29)30-13-21-4-1-7-27(21)8-2-5-21/h10-11,24H,1-9,12-13H2. The summed E-state index contributed by atoms with van der Waals surface area (Å²) >= 11 is 6.10. The average molecular weight is 434 g/mol. The number of carbonyl (C=O) groups excluding carboxylic acids is 1. The Morgan fingerprint density at radius 2 is 1.97 bits per heavy atom. The molecule has 4 heterocycles. The monoisotopic (exact) mass is 433 g/mol. The summed E-state index contributed by atoms with van der Waals surface area (Å²) in [6, 6.07) is 2.95. The number of hydrogen-bond acceptors (Lipinski definition) is 6. The van der Waals surface area contributed by atoms with Gasteiger partial charge in [-0.05, 0) is 63.9 Å². The van der Waals surface area contributed by atoms with E-state index in [1.54, 1.807) is 11.0 Å². The molecule has 1 N–H and O–H groups in total. The highest BCUT2D eigenvalue weighted by Gasteiger charge is 2.45. The summed E-state index contributed by atoms with van der Waals surface area (Å²) in [5, 5.41) is 3.76. The number of benzene rings is 1. The van der Waals surface area contributed by atoms with Crippen LogP contribution in [0.25, 0.3) is 10.9 Å². The first-order valence-corrected chi connectivity index (χ1v) is 11.0. The molecule has 0 unspecified atom stereocenters. The summed E-state index contributed by atoms with van der Waals surface area (Å²) in [5.41, 5.74) is 0.149. The van der Waals surface area contributed by atoms with Crippen molar-refractivity contribution in [1.29, 1.82) is 0 Å². The molecule has 160 valence electrons. The molecule has 0 spiro atoms. The van der Waals surface area contributed by atoms with Crippen molar-refractivity contribution in [3.8, 4) is 6.01 Å². The van der Waals surface area contributed by atoms with Gasteiger partial charge < -0.3 is 10.1 Å². The lowest BCUT2D eigenvalue weighted by molar-refractivity contribution is -0.117. The summed E-state index contributed by atoms with van der Waals surface area (Å²) in [5.74, 6) is -0.305. The number of ether oxygens (including phenoxy) is 1. The number of halogens is 2. The topological polar surface area (TPSA) is 70.6 Å². The van der Waals surface area contributed by atoms with Gasteiger partial charge >= 0.3 is 6.01 Å². The van der Waals surface area contributed by atoms with Crippen LogP contribution in [0.5, 0.6) is 6.01 Å². The van der Waals surface area contributed by atoms with Crippen LogP contribution in [-0.2, 0) is 4.79 Å². The van der Waals surface area contributed by atoms with Gasteiger partial charge in [0.1, 0.15) is 12.1 Å². The fraction of sp³-hybridized carbons (Fsp3) is 0.571. The Labute approximate surface area is 179 Å². The third kappa shape index (κ3) is 3.50. The summed E-state index contributed by atoms with van der Waals surface area (Å²) in [6.45, 7) is 4.10. The molecule has 0 aliphatic carbocycles. The zero-order valence-electron chi connectivity index (χ0n) is 16.8. The number of fused-ring (bicyclic) bond motifs is 2. The van der Waals surface area contributed by atoms with Crippen LogP contribution in [0.15, 0.2) is 12.1 Å². The first-order valence-electron chi connectivity index (χ1n) is 10.6. The van der Waals surface area contributed by atoms with Crippen molar-refractivity contribution in [3.63, 3.8) is 0 Å². The van der Waals surface area contributed by atoms with Crippen LogP contribution >= 0.6 is 11.6 Å². The van der Waals surface area contributed by atoms with Crippen molar-refractivity contribution in [3.05, 3.63) is 23.0 Å². The van der Waals surface area contributed by atoms with E-state index in [9.17, 15) is 9.18 Å². The second-order valence-electron chi connectivity index (χ2n) is 8.40. The zero-order valence-corrected chi connectivity index (χ0v) is 17.6. The number of hydrogen-bond donors (Lipinski definition) is 1. The lowest BCUT2D eigenvalue weighted by Crippen LogP contribution is -2.43. The molecule has 3 aliphatic heterocycles. The number of carbonyl (C=O) groups is 1. The maximum absolute atomic E-state index is 14.8. The van der Waals surface area contributed by atoms with E-state index in [0.717, 1.165) is 51.7 Å². The molecule has 1 amide bonds. The van der Waals surface area contributed by atoms with Gasteiger partial charge in [-0.3, -0.25) is 14.6 Å². The van der Waals surface area contributed by atoms with Crippen molar-refractivity contribution in [1.82, 2.24) is 20.2 Å². The van der Waals surface area contributed by atoms with Crippen LogP contribution in [0.2, 0.25) is 5.02 Å². The summed E-state index contributed by atoms with van der Waals surface area (Å²) in [4.78, 5) is 25.7. The molecule has 5 rings (SSSR count). The molecular weight excluding hydrogens is 409 g/mol. The van der Waals surface area contributed by atoms with Crippen LogP contribution in [0.4, 0.5) is 10.2 Å². The lowest BCUT2D eigenvalue weighted by Gasteiger charge is -2.31. The van der Waals surface area contributed by atoms with Gasteiger partial charge in [0, 0.05) is 17.0 Å². The van der Waals surface area contributed by atoms with Gasteiger partial charge in [0.15, 0.2) is 11.6 Å². The minimum atomic E-state index is -0.548. The number of amides is 1. The van der Waals surface area contributed by atoms with Crippen molar-refractivity contribution >= 4 is 34.2 Å². The molecular formula is C21H25ClFN5O2. The van der Waals surface area contributed by atoms with Crippen LogP contribution in [0.1, 0.15) is 32.1 Å². The van der Waals surface area contributed by atoms with Crippen LogP contribution < -0.4 is 15.0 Å². The molecule has 3 aliphatic rings. The fourth-order valence-corrected chi connectivity index (χ4v) is 5.26. The molecule has 1 aromatic heterocycles. The molecule has 3 fully saturated rings. The summed E-state index contributed by atoms with van der Waals surface area (Å²) in [6.07, 6.45) is 5.28. The second-order valence-corrected chi connectivity index (χ2v) is 8.83. The van der Waals surface area contributed by atoms with Gasteiger partial charge in [0.2, 0.25) is 5.91 Å². The number of anilines is 1. The third-order valence-corrected chi connectivity index (χ3v) is 6.75. The number of rotatable bonds is 4. The van der Waals surface area contributed by atoms with Crippen molar-refractivity contribution in [2.45, 2.75) is 37.6 Å². The highest BCUT2D eigenvalue weighted by atomic mass is 35.5. The van der Waals surface area contributed by atoms with E-state index in [-0.39, 0.29) is 34.5 Å². The molecule has 2 aromatic rings. The van der Waals surface area contributed by atoms with Gasteiger partial charge in [-0.25, -0.2) is 4.39 Å². The SMILES string of the molecule is O=C1CNCCCN1c1nc(OCC23CCCN2CCC3)nc2c(F)cc(Cl)cc12. The molecule has 0 atom stereocenters. The quantitative estimate of drug-likeness (QED) is 0.799. The Morgan fingerprint density at radius 3 is 2.77 bits per heavy atom. The first kappa shape index (κ1) is 19.9. The molecule has 0 saturated carbocycles. The highest BCUT2D eigenvalue weighted by Crippen LogP contribution is 2.39. The summed E-state index contributed by atoms with van der Waals surface area (Å²) in [7, 11) is 0. The van der Waals surface area contributed by atoms with Gasteiger partial charge in [-0.15, -0.1) is 0 Å². The zero-order chi connectivity index (χ0) is 20.7. The maximum atomic E-state index is 14.8. The first-order chi connectivity index (χ1) is 14.6. The predicted molar refractivity (Wildman–Crippen MR) is 113 cm³/mol. The molecule has 0 bridgehead atoms. The van der Waals surface area contributed by atoms with Crippen molar-refractivity contribution in [2.75, 3.05) is 44.2 Å². The van der Waals surface area contributed by atoms with Crippen LogP contribution in [0, 0.1) is 5.82 Å². The number of nitrogens with zero attached hydrogens (tertiary/aromatic N) is 4. The van der Waals surface area contributed by atoms with E-state index in [2.05, 4.69) is 20.2 Å². The predicted octanol–water partition coefficient (Wildman–Crippen LogP) is 2.76. The second kappa shape index (κ2) is 7.90. The van der Waals surface area contributed by atoms with Gasteiger partial charge in [-0.1, -0.05) is 11.6 Å². The lowest BCUT2D eigenvalue weighted by atomic mass is 9.95. The van der Waals surface area contributed by atoms with Crippen molar-refractivity contribution < 1.29 is 13.9 Å². The Kier molecular flexibility index (Phi) is 5.24. The smallest absolute Gasteiger partial charge is 0.319 e. The molecule has 0 radical (unpaired) electrons. The van der Waals surface area contributed by atoms with Crippen molar-refractivity contribution in [2.24, 2.45) is 0 Å². The van der Waals surface area contributed by atoms with E-state index in [1.165, 1.54) is 6.07 Å². The average Bonchev–Trinajstić information content (AvgIpc) is 3.22. The van der Waals surface area contributed by atoms with E-state index in [1.807, 2.05) is 0 Å². The van der Waals surface area contributed by atoms with E-state index in [0.29, 0.717) is 24.4 Å². The van der Waals surface area contributed by atoms with Gasteiger partial charge in [0.05, 0.1) is 12.1 Å². The Morgan fingerprint density at radius 1 is 1.17 bits per heavy atom. The molecule has 3 saturated heterocycles. The molecule has 7 nitrogen and oxygen atoms in total. The Bertz CT molecular complexity index is 978. The van der Waals surface area contributed by atoms with E-state index in [4.69, 9.17) is 16.3 Å². The Hall–Kier alpha value is -2.03. The fourth-order valence-electron chi connectivity index (χ4n) is 5.05. The minimum Gasteiger partial charge on any atom is -0.461 e. The van der Waals surface area contributed by atoms with E-state index < -0.39 is 5.82 Å². The molecule has 9 heteroatoms. The number of aromatic nitrogens is 2. The highest BCUT2D eigenvalue weighted by molar-refractivity contribution is 6.31. The van der Waals surface area contributed by atoms with E-state index >= 15 is 0 Å². The largest absolute Gasteiger partial charge is 0.461 e. The number of nitrogens with one attached hydrogen (secondary N) is 1. The van der Waals surface area contributed by atoms with Gasteiger partial charge in [-0.2, -0.15) is 9.97 Å². The third-order valence-electron chi connectivity index (χ3n) is 6.53. The van der Waals surface area contributed by atoms with Gasteiger partial charge in [0.25, 0.3) is 0 Å². The van der Waals surface area contributed by atoms with Crippen LogP contribution in [-0.4, -0.2) is 65.6 Å². The minimum absolute atomic E-state index is 0.0271. The molecule has 1 aromatic carbocycles.